The molecule has 15 nitrogen and oxygen atoms in total. The second kappa shape index (κ2) is 13.9. The van der Waals surface area contributed by atoms with Gasteiger partial charge < -0.3 is 25.3 Å². The fourth-order valence-electron chi connectivity index (χ4n) is 5.08. The van der Waals surface area contributed by atoms with Crippen LogP contribution in [0.1, 0.15) is 42.3 Å². The number of H-pyrrole nitrogens is 1. The summed E-state index contributed by atoms with van der Waals surface area (Å²) in [6, 6.07) is 6.36. The van der Waals surface area contributed by atoms with Gasteiger partial charge in [-0.15, -0.1) is 0 Å². The molecule has 0 unspecified atom stereocenters. The first-order valence-corrected chi connectivity index (χ1v) is 17.0. The number of rotatable bonds is 10. The van der Waals surface area contributed by atoms with Crippen molar-refractivity contribution in [2.24, 2.45) is 12.5 Å². The quantitative estimate of drug-likeness (QED) is 0.142. The van der Waals surface area contributed by atoms with Gasteiger partial charge >= 0.3 is 11.7 Å². The number of carbonyl (C=O) groups is 3. The molecule has 5 rings (SSSR count). The summed E-state index contributed by atoms with van der Waals surface area (Å²) in [5, 5.41) is 14.8. The van der Waals surface area contributed by atoms with Crippen molar-refractivity contribution in [3.63, 3.8) is 0 Å². The Morgan fingerprint density at radius 2 is 1.75 bits per heavy atom. The number of benzene rings is 2. The summed E-state index contributed by atoms with van der Waals surface area (Å²) in [6.45, 7) is 6.70. The fourth-order valence-corrected chi connectivity index (χ4v) is 6.32. The Labute approximate surface area is 294 Å². The van der Waals surface area contributed by atoms with E-state index in [0.717, 1.165) is 10.8 Å². The number of hydrogen-bond acceptors (Lipinski definition) is 8. The number of sulfonamides is 1. The van der Waals surface area contributed by atoms with E-state index < -0.39 is 67.5 Å². The molecule has 0 fully saturated rings. The Hall–Kier alpha value is -6.17. The summed E-state index contributed by atoms with van der Waals surface area (Å²) in [6.07, 6.45) is 3.34. The van der Waals surface area contributed by atoms with Crippen LogP contribution in [0.4, 0.5) is 20.2 Å². The molecule has 0 bridgehead atoms. The standard InChI is InChI=1S/C34H33F2N7O8S/c1-17-16-42(5)33(49)43(30(17)45)28-9-6-18(14-38-28)10-26(31(46)47)40-29(44)21-12-23(36)25(13-22(21)35)41-52(50,51)27-15-37-24-11-19(7-8-20(24)27)39-32(48)34(2,3)4/h6-9,11-16,26,37,41H,10H2,1-5H3,(H,39,48)(H,40,44)(H,46,47)/t26-/m0/s1. The number of anilines is 2. The molecular weight excluding hydrogens is 704 g/mol. The number of aromatic nitrogens is 4. The van der Waals surface area contributed by atoms with Gasteiger partial charge in [-0.2, -0.15) is 0 Å². The Morgan fingerprint density at radius 1 is 1.04 bits per heavy atom. The van der Waals surface area contributed by atoms with Crippen LogP contribution in [-0.2, 0) is 33.1 Å². The van der Waals surface area contributed by atoms with Gasteiger partial charge in [-0.3, -0.25) is 19.1 Å². The van der Waals surface area contributed by atoms with Crippen LogP contribution < -0.4 is 26.6 Å². The van der Waals surface area contributed by atoms with Crippen LogP contribution in [0.3, 0.4) is 0 Å². The highest BCUT2D eigenvalue weighted by molar-refractivity contribution is 7.93. The predicted molar refractivity (Wildman–Crippen MR) is 186 cm³/mol. The van der Waals surface area contributed by atoms with Gasteiger partial charge in [0.2, 0.25) is 5.91 Å². The molecular formula is C34H33F2N7O8S. The molecule has 5 N–H and O–H groups in total. The van der Waals surface area contributed by atoms with E-state index in [4.69, 9.17) is 0 Å². The lowest BCUT2D eigenvalue weighted by molar-refractivity contribution is -0.139. The highest BCUT2D eigenvalue weighted by atomic mass is 32.2. The Bertz CT molecular complexity index is 2450. The number of carboxylic acids is 1. The van der Waals surface area contributed by atoms with Gasteiger partial charge in [-0.25, -0.2) is 36.3 Å². The average Bonchev–Trinajstić information content (AvgIpc) is 3.50. The lowest BCUT2D eigenvalue weighted by atomic mass is 9.95. The summed E-state index contributed by atoms with van der Waals surface area (Å²) in [5.41, 5.74) is -2.38. The summed E-state index contributed by atoms with van der Waals surface area (Å²) in [4.78, 5) is 68.9. The summed E-state index contributed by atoms with van der Waals surface area (Å²) in [7, 11) is -3.06. The van der Waals surface area contributed by atoms with Crippen LogP contribution in [0.2, 0.25) is 0 Å². The van der Waals surface area contributed by atoms with Crippen molar-refractivity contribution in [1.29, 1.82) is 0 Å². The van der Waals surface area contributed by atoms with E-state index in [1.807, 2.05) is 4.72 Å². The first kappa shape index (κ1) is 37.1. The zero-order valence-corrected chi connectivity index (χ0v) is 29.2. The van der Waals surface area contributed by atoms with E-state index in [2.05, 4.69) is 20.6 Å². The first-order chi connectivity index (χ1) is 24.3. The molecule has 5 aromatic rings. The van der Waals surface area contributed by atoms with Gasteiger partial charge in [0.1, 0.15) is 28.4 Å². The molecule has 0 spiro atoms. The number of carboxylic acid groups (broad SMARTS) is 1. The Morgan fingerprint density at radius 3 is 2.38 bits per heavy atom. The zero-order chi connectivity index (χ0) is 38.3. The zero-order valence-electron chi connectivity index (χ0n) is 28.4. The third-order valence-corrected chi connectivity index (χ3v) is 9.33. The van der Waals surface area contributed by atoms with Crippen molar-refractivity contribution in [3.8, 4) is 5.82 Å². The van der Waals surface area contributed by atoms with Gasteiger partial charge in [-0.1, -0.05) is 26.8 Å². The number of nitrogens with zero attached hydrogens (tertiary/aromatic N) is 3. The van der Waals surface area contributed by atoms with Gasteiger partial charge in [0.05, 0.1) is 11.3 Å². The molecule has 272 valence electrons. The molecule has 3 heterocycles. The predicted octanol–water partition coefficient (Wildman–Crippen LogP) is 3.21. The minimum atomic E-state index is -4.52. The monoisotopic (exact) mass is 737 g/mol. The number of pyridine rings is 1. The van der Waals surface area contributed by atoms with Crippen molar-refractivity contribution in [3.05, 3.63) is 110 Å². The van der Waals surface area contributed by atoms with Gasteiger partial charge in [0, 0.05) is 65.7 Å². The normalized spacial score (nSPS) is 12.4. The number of aromatic amines is 1. The number of aliphatic carboxylic acids is 1. The molecule has 3 aromatic heterocycles. The van der Waals surface area contributed by atoms with Crippen LogP contribution in [0.15, 0.2) is 75.5 Å². The molecule has 0 aliphatic carbocycles. The maximum atomic E-state index is 15.2. The number of fused-ring (bicyclic) bond motifs is 1. The SMILES string of the molecule is Cc1cn(C)c(=O)n(-c2ccc(C[C@H](NC(=O)c3cc(F)c(NS(=O)(=O)c4c[nH]c5cc(NC(=O)C(C)(C)C)ccc45)cc3F)C(=O)O)cn2)c1=O. The maximum Gasteiger partial charge on any atom is 0.336 e. The third-order valence-electron chi connectivity index (χ3n) is 7.92. The molecule has 0 saturated carbocycles. The van der Waals surface area contributed by atoms with Crippen molar-refractivity contribution >= 4 is 50.1 Å². The van der Waals surface area contributed by atoms with Crippen molar-refractivity contribution < 1.29 is 36.7 Å². The lowest BCUT2D eigenvalue weighted by Crippen LogP contribution is -2.42. The number of amides is 2. The molecule has 0 aliphatic heterocycles. The van der Waals surface area contributed by atoms with E-state index in [9.17, 15) is 37.5 Å². The van der Waals surface area contributed by atoms with Crippen LogP contribution in [-0.4, -0.2) is 56.5 Å². The van der Waals surface area contributed by atoms with Crippen LogP contribution >= 0.6 is 0 Å². The molecule has 18 heteroatoms. The van der Waals surface area contributed by atoms with Gasteiger partial charge in [0.15, 0.2) is 0 Å². The number of nitrogens with one attached hydrogen (secondary N) is 4. The summed E-state index contributed by atoms with van der Waals surface area (Å²) < 4.78 is 60.8. The minimum absolute atomic E-state index is 0.0253. The first-order valence-electron chi connectivity index (χ1n) is 15.5. The molecule has 1 atom stereocenters. The summed E-state index contributed by atoms with van der Waals surface area (Å²) >= 11 is 0. The van der Waals surface area contributed by atoms with Crippen molar-refractivity contribution in [2.75, 3.05) is 10.0 Å². The van der Waals surface area contributed by atoms with E-state index in [-0.39, 0.29) is 39.6 Å². The van der Waals surface area contributed by atoms with E-state index in [1.165, 1.54) is 61.3 Å². The minimum Gasteiger partial charge on any atom is -0.480 e. The number of halogens is 2. The van der Waals surface area contributed by atoms with E-state index >= 15 is 8.78 Å². The largest absolute Gasteiger partial charge is 0.480 e. The highest BCUT2D eigenvalue weighted by Crippen LogP contribution is 2.29. The van der Waals surface area contributed by atoms with Crippen LogP contribution in [0, 0.1) is 24.0 Å². The second-order valence-corrected chi connectivity index (χ2v) is 14.6. The Kier molecular flexibility index (Phi) is 9.89. The smallest absolute Gasteiger partial charge is 0.336 e. The number of hydrogen-bond donors (Lipinski definition) is 5. The Balaban J connectivity index is 1.31. The topological polar surface area (TPSA) is 214 Å². The summed E-state index contributed by atoms with van der Waals surface area (Å²) in [5.74, 6) is -5.79. The maximum absolute atomic E-state index is 15.2. The molecule has 0 radical (unpaired) electrons. The van der Waals surface area contributed by atoms with E-state index in [1.54, 1.807) is 20.8 Å². The third kappa shape index (κ3) is 7.60. The van der Waals surface area contributed by atoms with Crippen LogP contribution in [0.25, 0.3) is 16.7 Å². The molecule has 0 aliphatic rings. The average molecular weight is 738 g/mol. The number of aryl methyl sites for hydroxylation is 2. The van der Waals surface area contributed by atoms with Crippen molar-refractivity contribution in [2.45, 2.75) is 45.1 Å². The van der Waals surface area contributed by atoms with E-state index in [0.29, 0.717) is 23.3 Å². The lowest BCUT2D eigenvalue weighted by Gasteiger charge is -2.17. The van der Waals surface area contributed by atoms with Gasteiger partial charge in [-0.05, 0) is 42.8 Å². The van der Waals surface area contributed by atoms with Crippen molar-refractivity contribution in [1.82, 2.24) is 24.4 Å². The van der Waals surface area contributed by atoms with Crippen LogP contribution in [0.5, 0.6) is 0 Å². The second-order valence-electron chi connectivity index (χ2n) is 13.0. The van der Waals surface area contributed by atoms with Gasteiger partial charge in [0.25, 0.3) is 21.5 Å². The highest BCUT2D eigenvalue weighted by Gasteiger charge is 2.27. The molecule has 2 aromatic carbocycles. The molecule has 52 heavy (non-hydrogen) atoms. The molecule has 2 amide bonds. The fraction of sp³-hybridized carbons (Fsp3) is 0.235. The molecule has 0 saturated heterocycles. The number of carbonyl (C=O) groups excluding carboxylic acids is 2.